The quantitative estimate of drug-likeness (QED) is 0.262. The number of thiophene rings is 1. The number of carbonyl (C=O) groups is 3. The molecule has 3 aromatic rings. The van der Waals surface area contributed by atoms with Crippen LogP contribution in [0.1, 0.15) is 58.9 Å². The SMILES string of the molecule is CCOC(=O)c1c(NC(=O)[C@H](C)Sc2nnc(CNC(=O)Cc3ccc(OC)cc3)n2C)sc2c1CCCC2. The fourth-order valence-electron chi connectivity index (χ4n) is 4.27. The van der Waals surface area contributed by atoms with Crippen LogP contribution in [-0.4, -0.2) is 51.5 Å². The number of thioether (sulfide) groups is 1. The highest BCUT2D eigenvalue weighted by Crippen LogP contribution is 2.39. The van der Waals surface area contributed by atoms with Gasteiger partial charge in [-0.1, -0.05) is 23.9 Å². The molecule has 10 nitrogen and oxygen atoms in total. The van der Waals surface area contributed by atoms with E-state index < -0.39 is 5.25 Å². The van der Waals surface area contributed by atoms with E-state index in [1.807, 2.05) is 24.3 Å². The summed E-state index contributed by atoms with van der Waals surface area (Å²) < 4.78 is 12.2. The zero-order valence-corrected chi connectivity index (χ0v) is 24.2. The topological polar surface area (TPSA) is 124 Å². The molecule has 0 bridgehead atoms. The number of ether oxygens (including phenoxy) is 2. The molecule has 1 atom stereocenters. The van der Waals surface area contributed by atoms with Gasteiger partial charge in [0, 0.05) is 11.9 Å². The fourth-order valence-corrected chi connectivity index (χ4v) is 6.38. The van der Waals surface area contributed by atoms with Crippen molar-refractivity contribution in [3.05, 3.63) is 51.7 Å². The number of anilines is 1. The first kappa shape index (κ1) is 28.6. The van der Waals surface area contributed by atoms with Gasteiger partial charge >= 0.3 is 5.97 Å². The second kappa shape index (κ2) is 13.1. The third kappa shape index (κ3) is 6.99. The molecule has 2 aromatic heterocycles. The minimum atomic E-state index is -0.500. The maximum atomic E-state index is 13.1. The van der Waals surface area contributed by atoms with Gasteiger partial charge in [0.15, 0.2) is 11.0 Å². The number of benzene rings is 1. The van der Waals surface area contributed by atoms with E-state index in [9.17, 15) is 14.4 Å². The van der Waals surface area contributed by atoms with E-state index in [1.54, 1.807) is 32.6 Å². The molecule has 0 radical (unpaired) electrons. The number of carbonyl (C=O) groups excluding carboxylic acids is 3. The number of fused-ring (bicyclic) bond motifs is 1. The highest BCUT2D eigenvalue weighted by molar-refractivity contribution is 8.00. The van der Waals surface area contributed by atoms with Crippen molar-refractivity contribution in [3.63, 3.8) is 0 Å². The molecule has 4 rings (SSSR count). The summed E-state index contributed by atoms with van der Waals surface area (Å²) in [5.74, 6) is 0.547. The van der Waals surface area contributed by atoms with Crippen LogP contribution in [0.4, 0.5) is 5.00 Å². The van der Waals surface area contributed by atoms with Gasteiger partial charge in [-0.25, -0.2) is 4.79 Å². The molecular formula is C27H33N5O5S2. The number of amides is 2. The summed E-state index contributed by atoms with van der Waals surface area (Å²) in [6.07, 6.45) is 4.06. The lowest BCUT2D eigenvalue weighted by atomic mass is 9.95. The number of hydrogen-bond donors (Lipinski definition) is 2. The molecule has 1 aliphatic carbocycles. The Labute approximate surface area is 235 Å². The largest absolute Gasteiger partial charge is 0.497 e. The third-order valence-corrected chi connectivity index (χ3v) is 8.77. The number of aromatic nitrogens is 3. The molecular weight excluding hydrogens is 538 g/mol. The Kier molecular flexibility index (Phi) is 9.63. The molecule has 0 saturated carbocycles. The van der Waals surface area contributed by atoms with Gasteiger partial charge in [0.25, 0.3) is 0 Å². The van der Waals surface area contributed by atoms with Gasteiger partial charge < -0.3 is 24.7 Å². The Hall–Kier alpha value is -3.38. The number of esters is 1. The number of hydrogen-bond acceptors (Lipinski definition) is 9. The molecule has 39 heavy (non-hydrogen) atoms. The molecule has 12 heteroatoms. The molecule has 2 heterocycles. The van der Waals surface area contributed by atoms with Gasteiger partial charge in [-0.05, 0) is 62.8 Å². The average molecular weight is 572 g/mol. The zero-order chi connectivity index (χ0) is 27.9. The van der Waals surface area contributed by atoms with E-state index in [0.29, 0.717) is 21.5 Å². The summed E-state index contributed by atoms with van der Waals surface area (Å²) in [4.78, 5) is 39.4. The highest BCUT2D eigenvalue weighted by atomic mass is 32.2. The van der Waals surface area contributed by atoms with E-state index in [2.05, 4.69) is 20.8 Å². The fraction of sp³-hybridized carbons (Fsp3) is 0.444. The predicted molar refractivity (Wildman–Crippen MR) is 150 cm³/mol. The van der Waals surface area contributed by atoms with Crippen LogP contribution in [0, 0.1) is 0 Å². The summed E-state index contributed by atoms with van der Waals surface area (Å²) in [6.45, 7) is 4.04. The lowest BCUT2D eigenvalue weighted by Crippen LogP contribution is -2.26. The van der Waals surface area contributed by atoms with Crippen LogP contribution in [-0.2, 0) is 47.2 Å². The van der Waals surface area contributed by atoms with Crippen molar-refractivity contribution < 1.29 is 23.9 Å². The first-order valence-electron chi connectivity index (χ1n) is 12.9. The van der Waals surface area contributed by atoms with Gasteiger partial charge in [-0.2, -0.15) is 0 Å². The van der Waals surface area contributed by atoms with Crippen LogP contribution in [0.5, 0.6) is 5.75 Å². The summed E-state index contributed by atoms with van der Waals surface area (Å²) in [5.41, 5.74) is 2.38. The van der Waals surface area contributed by atoms with Crippen molar-refractivity contribution in [2.24, 2.45) is 7.05 Å². The maximum absolute atomic E-state index is 13.1. The van der Waals surface area contributed by atoms with Crippen LogP contribution in [0.15, 0.2) is 29.4 Å². The third-order valence-electron chi connectivity index (χ3n) is 6.43. The van der Waals surface area contributed by atoms with Crippen molar-refractivity contribution in [3.8, 4) is 5.75 Å². The average Bonchev–Trinajstić information content (AvgIpc) is 3.47. The second-order valence-corrected chi connectivity index (χ2v) is 11.6. The predicted octanol–water partition coefficient (Wildman–Crippen LogP) is 3.92. The van der Waals surface area contributed by atoms with Gasteiger partial charge in [0.2, 0.25) is 11.8 Å². The minimum Gasteiger partial charge on any atom is -0.497 e. The normalized spacial score (nSPS) is 13.3. The summed E-state index contributed by atoms with van der Waals surface area (Å²) in [6, 6.07) is 7.33. The standard InChI is InChI=1S/C27H33N5O5S2/c1-5-37-26(35)23-19-8-6-7-9-20(19)39-25(23)29-24(34)16(2)38-27-31-30-21(32(27)3)15-28-22(33)14-17-10-12-18(36-4)13-11-17/h10-13,16H,5-9,14-15H2,1-4H3,(H,28,33)(H,29,34)/t16-/m0/s1. The molecule has 1 aromatic carbocycles. The Morgan fingerprint density at radius 1 is 1.15 bits per heavy atom. The van der Waals surface area contributed by atoms with Crippen molar-refractivity contribution in [1.29, 1.82) is 0 Å². The van der Waals surface area contributed by atoms with Crippen molar-refractivity contribution >= 4 is 45.9 Å². The minimum absolute atomic E-state index is 0.138. The van der Waals surface area contributed by atoms with Gasteiger partial charge in [-0.15, -0.1) is 21.5 Å². The lowest BCUT2D eigenvalue weighted by molar-refractivity contribution is -0.120. The van der Waals surface area contributed by atoms with Gasteiger partial charge in [0.1, 0.15) is 10.8 Å². The summed E-state index contributed by atoms with van der Waals surface area (Å²) in [7, 11) is 3.39. The monoisotopic (exact) mass is 571 g/mol. The molecule has 0 saturated heterocycles. The first-order valence-corrected chi connectivity index (χ1v) is 14.6. The van der Waals surface area contributed by atoms with Crippen molar-refractivity contribution in [1.82, 2.24) is 20.1 Å². The van der Waals surface area contributed by atoms with E-state index in [4.69, 9.17) is 9.47 Å². The zero-order valence-electron chi connectivity index (χ0n) is 22.5. The number of rotatable bonds is 11. The Bertz CT molecular complexity index is 1340. The molecule has 1 aliphatic rings. The molecule has 208 valence electrons. The molecule has 0 spiro atoms. The highest BCUT2D eigenvalue weighted by Gasteiger charge is 2.28. The smallest absolute Gasteiger partial charge is 0.341 e. The number of nitrogens with one attached hydrogen (secondary N) is 2. The Morgan fingerprint density at radius 2 is 1.90 bits per heavy atom. The van der Waals surface area contributed by atoms with Crippen molar-refractivity contribution in [2.75, 3.05) is 19.0 Å². The van der Waals surface area contributed by atoms with Gasteiger partial charge in [-0.3, -0.25) is 9.59 Å². The summed E-state index contributed by atoms with van der Waals surface area (Å²) >= 11 is 2.72. The number of methoxy groups -OCH3 is 1. The van der Waals surface area contributed by atoms with Crippen LogP contribution in [0.2, 0.25) is 0 Å². The van der Waals surface area contributed by atoms with E-state index >= 15 is 0 Å². The van der Waals surface area contributed by atoms with Crippen LogP contribution in [0.3, 0.4) is 0 Å². The lowest BCUT2D eigenvalue weighted by Gasteiger charge is -2.13. The molecule has 2 N–H and O–H groups in total. The maximum Gasteiger partial charge on any atom is 0.341 e. The molecule has 2 amide bonds. The van der Waals surface area contributed by atoms with E-state index in [1.165, 1.54) is 23.1 Å². The Balaban J connectivity index is 1.35. The molecule has 0 unspecified atom stereocenters. The molecule has 0 fully saturated rings. The second-order valence-electron chi connectivity index (χ2n) is 9.14. The van der Waals surface area contributed by atoms with E-state index in [-0.39, 0.29) is 37.4 Å². The van der Waals surface area contributed by atoms with Gasteiger partial charge in [0.05, 0.1) is 37.5 Å². The summed E-state index contributed by atoms with van der Waals surface area (Å²) in [5, 5.41) is 14.8. The number of aryl methyl sites for hydroxylation is 1. The van der Waals surface area contributed by atoms with Crippen LogP contribution >= 0.6 is 23.1 Å². The Morgan fingerprint density at radius 3 is 2.62 bits per heavy atom. The molecule has 0 aliphatic heterocycles. The van der Waals surface area contributed by atoms with Crippen molar-refractivity contribution in [2.45, 2.75) is 62.9 Å². The van der Waals surface area contributed by atoms with Crippen LogP contribution in [0.25, 0.3) is 0 Å². The first-order chi connectivity index (χ1) is 18.8. The number of nitrogens with zero attached hydrogens (tertiary/aromatic N) is 3. The van der Waals surface area contributed by atoms with E-state index in [0.717, 1.165) is 47.4 Å². The van der Waals surface area contributed by atoms with Crippen LogP contribution < -0.4 is 15.4 Å².